The topological polar surface area (TPSA) is 87.5 Å². The third-order valence-electron chi connectivity index (χ3n) is 6.24. The zero-order valence-electron chi connectivity index (χ0n) is 22.7. The fraction of sp³-hybridized carbons (Fsp3) is 0.414. The second-order valence-electron chi connectivity index (χ2n) is 9.25. The van der Waals surface area contributed by atoms with Crippen molar-refractivity contribution >= 4 is 23.7 Å². The number of ether oxygens (including phenoxy) is 3. The molecule has 2 aromatic carbocycles. The van der Waals surface area contributed by atoms with Gasteiger partial charge in [-0.1, -0.05) is 67.9 Å². The number of esters is 1. The lowest BCUT2D eigenvalue weighted by Crippen LogP contribution is -2.29. The summed E-state index contributed by atoms with van der Waals surface area (Å²) in [7, 11) is 1.61. The lowest BCUT2D eigenvalue weighted by Gasteiger charge is -2.28. The molecule has 0 spiro atoms. The van der Waals surface area contributed by atoms with Gasteiger partial charge in [-0.15, -0.1) is 5.10 Å². The number of carbonyl (C=O) groups is 1. The van der Waals surface area contributed by atoms with Gasteiger partial charge < -0.3 is 19.5 Å². The zero-order chi connectivity index (χ0) is 27.1. The van der Waals surface area contributed by atoms with E-state index in [1.807, 2.05) is 25.1 Å². The van der Waals surface area contributed by atoms with Crippen molar-refractivity contribution in [2.75, 3.05) is 24.8 Å². The molecular weight excluding hydrogens is 500 g/mol. The number of hydrogen-bond acceptors (Lipinski definition) is 8. The van der Waals surface area contributed by atoms with Crippen LogP contribution in [-0.2, 0) is 16.1 Å². The first-order valence-corrected chi connectivity index (χ1v) is 14.0. The first-order valence-electron chi connectivity index (χ1n) is 13.1. The minimum atomic E-state index is -0.524. The van der Waals surface area contributed by atoms with Gasteiger partial charge in [-0.05, 0) is 49.9 Å². The summed E-state index contributed by atoms with van der Waals surface area (Å²) < 4.78 is 19.2. The quantitative estimate of drug-likeness (QED) is 0.164. The van der Waals surface area contributed by atoms with Crippen molar-refractivity contribution in [1.82, 2.24) is 14.8 Å². The molecule has 1 atom stereocenters. The molecule has 1 aliphatic rings. The second-order valence-corrected chi connectivity index (χ2v) is 10.3. The lowest BCUT2D eigenvalue weighted by molar-refractivity contribution is -0.139. The van der Waals surface area contributed by atoms with Crippen LogP contribution in [0.25, 0.3) is 0 Å². The molecule has 9 heteroatoms. The van der Waals surface area contributed by atoms with Crippen molar-refractivity contribution in [3.63, 3.8) is 0 Å². The number of hydrogen-bond donors (Lipinski definition) is 1. The average Bonchev–Trinajstić information content (AvgIpc) is 3.33. The van der Waals surface area contributed by atoms with Gasteiger partial charge in [-0.2, -0.15) is 4.98 Å². The molecule has 0 radical (unpaired) electrons. The highest BCUT2D eigenvalue weighted by atomic mass is 32.2. The number of benzene rings is 2. The summed E-state index contributed by atoms with van der Waals surface area (Å²) in [5.74, 6) is 2.34. The molecule has 3 aromatic rings. The standard InChI is InChI=1S/C29H36N4O4S/c1-6-8-15-36-27(34)25-20(4)30-28-31-29(38-16-7-2)32-33(28)26(25)22-13-14-23(24(17-22)35-5)37-18-21-11-9-19(3)10-12-21/h9-14,17,26H,6-8,15-16,18H2,1-5H3,(H,30,31,32). The molecule has 0 bridgehead atoms. The van der Waals surface area contributed by atoms with Crippen molar-refractivity contribution in [1.29, 1.82) is 0 Å². The van der Waals surface area contributed by atoms with Gasteiger partial charge in [0, 0.05) is 11.4 Å². The van der Waals surface area contributed by atoms with Crippen molar-refractivity contribution in [2.45, 2.75) is 64.8 Å². The highest BCUT2D eigenvalue weighted by molar-refractivity contribution is 7.99. The Morgan fingerprint density at radius 2 is 1.87 bits per heavy atom. The number of fused-ring (bicyclic) bond motifs is 1. The third-order valence-corrected chi connectivity index (χ3v) is 7.28. The fourth-order valence-corrected chi connectivity index (χ4v) is 4.85. The van der Waals surface area contributed by atoms with Crippen LogP contribution in [0.4, 0.5) is 5.95 Å². The number of anilines is 1. The predicted molar refractivity (Wildman–Crippen MR) is 150 cm³/mol. The van der Waals surface area contributed by atoms with E-state index in [-0.39, 0.29) is 5.97 Å². The van der Waals surface area contributed by atoms with E-state index in [0.717, 1.165) is 36.1 Å². The maximum Gasteiger partial charge on any atom is 0.338 e. The van der Waals surface area contributed by atoms with E-state index in [2.05, 4.69) is 55.3 Å². The van der Waals surface area contributed by atoms with E-state index in [0.29, 0.717) is 47.1 Å². The van der Waals surface area contributed by atoms with Crippen molar-refractivity contribution < 1.29 is 19.0 Å². The number of rotatable bonds is 12. The molecule has 4 rings (SSSR count). The Hall–Kier alpha value is -3.46. The summed E-state index contributed by atoms with van der Waals surface area (Å²) in [5.41, 5.74) is 4.29. The first-order chi connectivity index (χ1) is 18.4. The minimum Gasteiger partial charge on any atom is -0.493 e. The average molecular weight is 537 g/mol. The molecule has 0 saturated heterocycles. The Morgan fingerprint density at radius 1 is 1.08 bits per heavy atom. The van der Waals surface area contributed by atoms with Gasteiger partial charge in [0.1, 0.15) is 12.6 Å². The molecule has 1 unspecified atom stereocenters. The van der Waals surface area contributed by atoms with Gasteiger partial charge in [-0.3, -0.25) is 0 Å². The number of aromatic nitrogens is 3. The van der Waals surface area contributed by atoms with Gasteiger partial charge in [0.05, 0.1) is 19.3 Å². The number of thioether (sulfide) groups is 1. The second kappa shape index (κ2) is 12.9. The Morgan fingerprint density at radius 3 is 2.58 bits per heavy atom. The SMILES string of the molecule is CCCCOC(=O)C1=C(C)Nc2nc(SCCC)nn2C1c1ccc(OCc2ccc(C)cc2)c(OC)c1. The third kappa shape index (κ3) is 6.32. The number of allylic oxidation sites excluding steroid dienone is 1. The van der Waals surface area contributed by atoms with Gasteiger partial charge in [0.25, 0.3) is 0 Å². The van der Waals surface area contributed by atoms with Crippen LogP contribution in [0.2, 0.25) is 0 Å². The van der Waals surface area contributed by atoms with E-state index >= 15 is 0 Å². The number of methoxy groups -OCH3 is 1. The fourth-order valence-electron chi connectivity index (χ4n) is 4.16. The summed E-state index contributed by atoms with van der Waals surface area (Å²) >= 11 is 1.59. The smallest absolute Gasteiger partial charge is 0.338 e. The van der Waals surface area contributed by atoms with Gasteiger partial charge in [0.15, 0.2) is 11.5 Å². The predicted octanol–water partition coefficient (Wildman–Crippen LogP) is 6.31. The Labute approximate surface area is 228 Å². The van der Waals surface area contributed by atoms with Crippen molar-refractivity contribution in [3.05, 3.63) is 70.4 Å². The van der Waals surface area contributed by atoms with Crippen LogP contribution in [-0.4, -0.2) is 40.2 Å². The molecular formula is C29H36N4O4S. The zero-order valence-corrected chi connectivity index (χ0v) is 23.6. The summed E-state index contributed by atoms with van der Waals surface area (Å²) in [6, 6.07) is 13.4. The van der Waals surface area contributed by atoms with Crippen LogP contribution < -0.4 is 14.8 Å². The molecule has 202 valence electrons. The van der Waals surface area contributed by atoms with E-state index in [1.165, 1.54) is 5.56 Å². The summed E-state index contributed by atoms with van der Waals surface area (Å²) in [6.07, 6.45) is 2.77. The molecule has 0 fully saturated rings. The molecule has 8 nitrogen and oxygen atoms in total. The van der Waals surface area contributed by atoms with Crippen LogP contribution in [0.1, 0.15) is 62.8 Å². The largest absolute Gasteiger partial charge is 0.493 e. The Balaban J connectivity index is 1.68. The molecule has 0 aliphatic carbocycles. The molecule has 0 saturated carbocycles. The Bertz CT molecular complexity index is 1290. The van der Waals surface area contributed by atoms with E-state index < -0.39 is 6.04 Å². The number of nitrogens with one attached hydrogen (secondary N) is 1. The maximum atomic E-state index is 13.3. The normalized spacial score (nSPS) is 14.6. The van der Waals surface area contributed by atoms with Crippen molar-refractivity contribution in [3.8, 4) is 11.5 Å². The van der Waals surface area contributed by atoms with Crippen LogP contribution in [0.3, 0.4) is 0 Å². The molecule has 1 aliphatic heterocycles. The number of carbonyl (C=O) groups excluding carboxylic acids is 1. The van der Waals surface area contributed by atoms with Crippen LogP contribution in [0.15, 0.2) is 58.9 Å². The van der Waals surface area contributed by atoms with Crippen LogP contribution in [0.5, 0.6) is 11.5 Å². The van der Waals surface area contributed by atoms with Crippen LogP contribution >= 0.6 is 11.8 Å². The van der Waals surface area contributed by atoms with Gasteiger partial charge in [-0.25, -0.2) is 9.48 Å². The minimum absolute atomic E-state index is 0.365. The maximum absolute atomic E-state index is 13.3. The Kier molecular flexibility index (Phi) is 9.33. The molecule has 0 amide bonds. The number of nitrogens with zero attached hydrogens (tertiary/aromatic N) is 3. The highest BCUT2D eigenvalue weighted by Crippen LogP contribution is 2.40. The first kappa shape index (κ1) is 27.6. The van der Waals surface area contributed by atoms with Gasteiger partial charge in [0.2, 0.25) is 11.1 Å². The molecule has 1 aromatic heterocycles. The number of unbranched alkanes of at least 4 members (excludes halogenated alkanes) is 1. The summed E-state index contributed by atoms with van der Waals surface area (Å²) in [5, 5.41) is 8.69. The highest BCUT2D eigenvalue weighted by Gasteiger charge is 2.35. The van der Waals surface area contributed by atoms with Gasteiger partial charge >= 0.3 is 5.97 Å². The van der Waals surface area contributed by atoms with E-state index in [1.54, 1.807) is 23.6 Å². The lowest BCUT2D eigenvalue weighted by atomic mass is 9.95. The van der Waals surface area contributed by atoms with Crippen molar-refractivity contribution in [2.24, 2.45) is 0 Å². The summed E-state index contributed by atoms with van der Waals surface area (Å²) in [4.78, 5) is 18.0. The van der Waals surface area contributed by atoms with E-state index in [4.69, 9.17) is 19.3 Å². The summed E-state index contributed by atoms with van der Waals surface area (Å²) in [6.45, 7) is 8.91. The van der Waals surface area contributed by atoms with E-state index in [9.17, 15) is 4.79 Å². The number of aryl methyl sites for hydroxylation is 1. The monoisotopic (exact) mass is 536 g/mol. The molecule has 38 heavy (non-hydrogen) atoms. The van der Waals surface area contributed by atoms with Crippen LogP contribution in [0, 0.1) is 6.92 Å². The molecule has 2 heterocycles. The molecule has 1 N–H and O–H groups in total.